The molecule has 1 aromatic carbocycles. The Balaban J connectivity index is 1.19. The van der Waals surface area contributed by atoms with Crippen molar-refractivity contribution in [3.05, 3.63) is 30.1 Å². The smallest absolute Gasteiger partial charge is 0.223 e. The molecule has 2 aromatic rings. The third-order valence-electron chi connectivity index (χ3n) is 6.24. The Morgan fingerprint density at radius 3 is 2.29 bits per heavy atom. The highest BCUT2D eigenvalue weighted by Crippen LogP contribution is 2.28. The van der Waals surface area contributed by atoms with E-state index in [0.717, 1.165) is 29.2 Å². The number of amides is 2. The molecular formula is C22H30N4O2. The summed E-state index contributed by atoms with van der Waals surface area (Å²) in [6.07, 6.45) is 8.02. The topological polar surface area (TPSA) is 69.3 Å². The van der Waals surface area contributed by atoms with Gasteiger partial charge in [-0.15, -0.1) is 0 Å². The van der Waals surface area contributed by atoms with E-state index in [-0.39, 0.29) is 11.8 Å². The molecule has 1 aromatic heterocycles. The number of imidazole rings is 1. The molecule has 2 aliphatic rings. The van der Waals surface area contributed by atoms with Gasteiger partial charge >= 0.3 is 0 Å². The van der Waals surface area contributed by atoms with E-state index in [0.29, 0.717) is 45.4 Å². The van der Waals surface area contributed by atoms with Gasteiger partial charge in [-0.1, -0.05) is 37.8 Å². The molecule has 150 valence electrons. The van der Waals surface area contributed by atoms with Crippen LogP contribution < -0.4 is 0 Å². The second-order valence-electron chi connectivity index (χ2n) is 8.15. The zero-order valence-corrected chi connectivity index (χ0v) is 16.5. The van der Waals surface area contributed by atoms with Gasteiger partial charge in [0, 0.05) is 45.4 Å². The van der Waals surface area contributed by atoms with Crippen LogP contribution in [0.5, 0.6) is 0 Å². The fraction of sp³-hybridized carbons (Fsp3) is 0.591. The lowest BCUT2D eigenvalue weighted by atomic mass is 10.0. The minimum absolute atomic E-state index is 0.151. The number of carbonyl (C=O) groups excluding carboxylic acids is 2. The fourth-order valence-corrected chi connectivity index (χ4v) is 4.50. The van der Waals surface area contributed by atoms with E-state index in [1.165, 1.54) is 25.7 Å². The molecule has 0 radical (unpaired) electrons. The molecule has 2 amide bonds. The van der Waals surface area contributed by atoms with Crippen molar-refractivity contribution >= 4 is 22.8 Å². The summed E-state index contributed by atoms with van der Waals surface area (Å²) in [5.74, 6) is 2.03. The van der Waals surface area contributed by atoms with E-state index in [4.69, 9.17) is 0 Å². The predicted octanol–water partition coefficient (Wildman–Crippen LogP) is 3.14. The summed E-state index contributed by atoms with van der Waals surface area (Å²) in [7, 11) is 0. The number of nitrogens with one attached hydrogen (secondary N) is 1. The van der Waals surface area contributed by atoms with Gasteiger partial charge in [0.1, 0.15) is 5.82 Å². The summed E-state index contributed by atoms with van der Waals surface area (Å²) in [4.78, 5) is 36.6. The summed E-state index contributed by atoms with van der Waals surface area (Å²) in [5, 5.41) is 0. The molecule has 4 rings (SSSR count). The van der Waals surface area contributed by atoms with Crippen LogP contribution in [-0.4, -0.2) is 57.8 Å². The number of aromatic amines is 1. The van der Waals surface area contributed by atoms with E-state index in [1.807, 2.05) is 34.1 Å². The number of benzene rings is 1. The largest absolute Gasteiger partial charge is 0.342 e. The SMILES string of the molecule is O=C(CCc1nc2ccccc2[nH]1)N1CCN(C(=O)CCC2CCCC2)CC1. The maximum absolute atomic E-state index is 12.5. The van der Waals surface area contributed by atoms with Gasteiger partial charge < -0.3 is 14.8 Å². The summed E-state index contributed by atoms with van der Waals surface area (Å²) < 4.78 is 0. The van der Waals surface area contributed by atoms with Gasteiger partial charge in [-0.25, -0.2) is 4.98 Å². The molecule has 2 fully saturated rings. The molecule has 1 N–H and O–H groups in total. The Morgan fingerprint density at radius 2 is 1.61 bits per heavy atom. The van der Waals surface area contributed by atoms with E-state index in [1.54, 1.807) is 0 Å². The third kappa shape index (κ3) is 4.54. The number of hydrogen-bond acceptors (Lipinski definition) is 3. The third-order valence-corrected chi connectivity index (χ3v) is 6.24. The standard InChI is InChI=1S/C22H30N4O2/c27-21(11-9-17-5-1-2-6-17)25-13-15-26(16-14-25)22(28)12-10-20-23-18-7-3-4-8-19(18)24-20/h3-4,7-8,17H,1-2,5-6,9-16H2,(H,23,24). The average Bonchev–Trinajstić information content (AvgIpc) is 3.39. The second-order valence-corrected chi connectivity index (χ2v) is 8.15. The Bertz CT molecular complexity index is 784. The molecule has 0 atom stereocenters. The van der Waals surface area contributed by atoms with Crippen LogP contribution in [0.25, 0.3) is 11.0 Å². The predicted molar refractivity (Wildman–Crippen MR) is 109 cm³/mol. The number of aromatic nitrogens is 2. The monoisotopic (exact) mass is 382 g/mol. The maximum Gasteiger partial charge on any atom is 0.223 e. The number of hydrogen-bond donors (Lipinski definition) is 1. The summed E-state index contributed by atoms with van der Waals surface area (Å²) in [6.45, 7) is 2.63. The molecule has 1 saturated carbocycles. The second kappa shape index (κ2) is 8.76. The lowest BCUT2D eigenvalue weighted by Gasteiger charge is -2.35. The molecule has 0 bridgehead atoms. The number of fused-ring (bicyclic) bond motifs is 1. The molecule has 0 spiro atoms. The Hall–Kier alpha value is -2.37. The van der Waals surface area contributed by atoms with E-state index in [2.05, 4.69) is 9.97 Å². The summed E-state index contributed by atoms with van der Waals surface area (Å²) in [6, 6.07) is 7.91. The molecular weight excluding hydrogens is 352 g/mol. The molecule has 1 saturated heterocycles. The van der Waals surface area contributed by atoms with Gasteiger partial charge in [0.15, 0.2) is 0 Å². The first kappa shape index (κ1) is 19.0. The lowest BCUT2D eigenvalue weighted by Crippen LogP contribution is -2.50. The number of H-pyrrole nitrogens is 1. The van der Waals surface area contributed by atoms with E-state index >= 15 is 0 Å². The summed E-state index contributed by atoms with van der Waals surface area (Å²) in [5.41, 5.74) is 1.95. The average molecular weight is 383 g/mol. The molecule has 6 nitrogen and oxygen atoms in total. The van der Waals surface area contributed by atoms with Crippen LogP contribution in [0.3, 0.4) is 0 Å². The highest BCUT2D eigenvalue weighted by atomic mass is 16.2. The number of piperazine rings is 1. The van der Waals surface area contributed by atoms with Gasteiger partial charge in [0.05, 0.1) is 11.0 Å². The first-order valence-electron chi connectivity index (χ1n) is 10.7. The van der Waals surface area contributed by atoms with Crippen molar-refractivity contribution < 1.29 is 9.59 Å². The normalized spacial score (nSPS) is 18.1. The van der Waals surface area contributed by atoms with Crippen LogP contribution in [0.4, 0.5) is 0 Å². The van der Waals surface area contributed by atoms with Crippen molar-refractivity contribution in [2.45, 2.75) is 51.4 Å². The van der Waals surface area contributed by atoms with Crippen LogP contribution in [0, 0.1) is 5.92 Å². The zero-order chi connectivity index (χ0) is 19.3. The molecule has 28 heavy (non-hydrogen) atoms. The van der Waals surface area contributed by atoms with Gasteiger partial charge in [-0.05, 0) is 24.5 Å². The van der Waals surface area contributed by atoms with Gasteiger partial charge in [0.25, 0.3) is 0 Å². The quantitative estimate of drug-likeness (QED) is 0.834. The Kier molecular flexibility index (Phi) is 5.93. The zero-order valence-electron chi connectivity index (χ0n) is 16.5. The molecule has 6 heteroatoms. The molecule has 0 unspecified atom stereocenters. The minimum atomic E-state index is 0.151. The number of para-hydroxylation sites is 2. The fourth-order valence-electron chi connectivity index (χ4n) is 4.50. The van der Waals surface area contributed by atoms with Crippen LogP contribution in [0.2, 0.25) is 0 Å². The van der Waals surface area contributed by atoms with Crippen LogP contribution >= 0.6 is 0 Å². The van der Waals surface area contributed by atoms with Gasteiger partial charge in [-0.3, -0.25) is 9.59 Å². The van der Waals surface area contributed by atoms with Crippen molar-refractivity contribution in [2.24, 2.45) is 5.92 Å². The van der Waals surface area contributed by atoms with Crippen molar-refractivity contribution in [2.75, 3.05) is 26.2 Å². The minimum Gasteiger partial charge on any atom is -0.342 e. The summed E-state index contributed by atoms with van der Waals surface area (Å²) >= 11 is 0. The van der Waals surface area contributed by atoms with Crippen LogP contribution in [-0.2, 0) is 16.0 Å². The number of aryl methyl sites for hydroxylation is 1. The highest BCUT2D eigenvalue weighted by molar-refractivity contribution is 5.79. The molecule has 1 aliphatic heterocycles. The Labute approximate surface area is 166 Å². The van der Waals surface area contributed by atoms with Crippen molar-refractivity contribution in [3.8, 4) is 0 Å². The van der Waals surface area contributed by atoms with E-state index in [9.17, 15) is 9.59 Å². The van der Waals surface area contributed by atoms with Gasteiger partial charge in [-0.2, -0.15) is 0 Å². The Morgan fingerprint density at radius 1 is 0.964 bits per heavy atom. The molecule has 2 heterocycles. The highest BCUT2D eigenvalue weighted by Gasteiger charge is 2.25. The number of carbonyl (C=O) groups is 2. The van der Waals surface area contributed by atoms with E-state index < -0.39 is 0 Å². The van der Waals surface area contributed by atoms with Crippen LogP contribution in [0.15, 0.2) is 24.3 Å². The maximum atomic E-state index is 12.5. The van der Waals surface area contributed by atoms with Gasteiger partial charge in [0.2, 0.25) is 11.8 Å². The lowest BCUT2D eigenvalue weighted by molar-refractivity contribution is -0.139. The first-order valence-corrected chi connectivity index (χ1v) is 10.7. The van der Waals surface area contributed by atoms with Crippen LogP contribution in [0.1, 0.15) is 50.8 Å². The molecule has 1 aliphatic carbocycles. The number of nitrogens with zero attached hydrogens (tertiary/aromatic N) is 3. The van der Waals surface area contributed by atoms with Crippen molar-refractivity contribution in [3.63, 3.8) is 0 Å². The van der Waals surface area contributed by atoms with Crippen molar-refractivity contribution in [1.82, 2.24) is 19.8 Å². The first-order chi connectivity index (χ1) is 13.7. The van der Waals surface area contributed by atoms with Crippen molar-refractivity contribution in [1.29, 1.82) is 0 Å². The number of rotatable bonds is 6.